The van der Waals surface area contributed by atoms with Crippen LogP contribution < -0.4 is 10.6 Å². The molecule has 0 unspecified atom stereocenters. The van der Waals surface area contributed by atoms with Gasteiger partial charge < -0.3 is 15.2 Å². The molecule has 4 rings (SSSR count). The molecule has 0 saturated heterocycles. The summed E-state index contributed by atoms with van der Waals surface area (Å²) in [6.45, 7) is 8.00. The molecule has 1 atom stereocenters. The molecule has 8 nitrogen and oxygen atoms in total. The summed E-state index contributed by atoms with van der Waals surface area (Å²) < 4.78 is 1.83. The van der Waals surface area contributed by atoms with Gasteiger partial charge in [0.15, 0.2) is 16.1 Å². The number of aromatic nitrogens is 4. The highest BCUT2D eigenvalue weighted by Gasteiger charge is 2.25. The highest BCUT2D eigenvalue weighted by atomic mass is 32.2. The van der Waals surface area contributed by atoms with Gasteiger partial charge in [0, 0.05) is 23.1 Å². The third kappa shape index (κ3) is 6.44. The molecule has 37 heavy (non-hydrogen) atoms. The van der Waals surface area contributed by atoms with E-state index in [9.17, 15) is 9.59 Å². The normalized spacial score (nSPS) is 11.9. The van der Waals surface area contributed by atoms with Crippen LogP contribution in [-0.2, 0) is 11.8 Å². The third-order valence-corrected chi connectivity index (χ3v) is 7.71. The van der Waals surface area contributed by atoms with E-state index in [1.54, 1.807) is 6.07 Å². The number of benzene rings is 2. The summed E-state index contributed by atoms with van der Waals surface area (Å²) in [6.07, 6.45) is 0. The lowest BCUT2D eigenvalue weighted by Gasteiger charge is -2.21. The molecule has 0 radical (unpaired) electrons. The first-order chi connectivity index (χ1) is 17.7. The fourth-order valence-corrected chi connectivity index (χ4v) is 5.43. The third-order valence-electron chi connectivity index (χ3n) is 5.80. The van der Waals surface area contributed by atoms with Gasteiger partial charge in [-0.1, -0.05) is 73.6 Å². The van der Waals surface area contributed by atoms with E-state index in [0.29, 0.717) is 21.7 Å². The lowest BCUT2D eigenvalue weighted by molar-refractivity contribution is -0.113. The maximum absolute atomic E-state index is 12.9. The molecule has 2 heterocycles. The Bertz CT molecular complexity index is 1400. The molecule has 0 fully saturated rings. The molecular formula is C27H30N6O2S2. The van der Waals surface area contributed by atoms with Gasteiger partial charge in [-0.05, 0) is 31.9 Å². The number of nitrogens with zero attached hydrogens (tertiary/aromatic N) is 4. The van der Waals surface area contributed by atoms with Crippen LogP contribution in [0.2, 0.25) is 0 Å². The molecule has 192 valence electrons. The predicted molar refractivity (Wildman–Crippen MR) is 149 cm³/mol. The zero-order valence-electron chi connectivity index (χ0n) is 21.5. The average Bonchev–Trinajstić information content (AvgIpc) is 3.42. The SMILES string of the molecule is Cc1cccc(C(=O)N[C@@H](c2nnc(SCC(=O)Nc3nc(-c4ccccc4)c(C)s3)n2C)C(C)C)c1. The van der Waals surface area contributed by atoms with Crippen LogP contribution in [0.25, 0.3) is 11.3 Å². The maximum Gasteiger partial charge on any atom is 0.251 e. The number of hydrogen-bond donors (Lipinski definition) is 2. The molecule has 0 aliphatic carbocycles. The molecule has 2 amide bonds. The van der Waals surface area contributed by atoms with E-state index in [4.69, 9.17) is 0 Å². The fourth-order valence-electron chi connectivity index (χ4n) is 3.86. The van der Waals surface area contributed by atoms with E-state index in [1.165, 1.54) is 23.1 Å². The van der Waals surface area contributed by atoms with Crippen molar-refractivity contribution in [2.75, 3.05) is 11.1 Å². The first kappa shape index (κ1) is 26.6. The molecular weight excluding hydrogens is 504 g/mol. The van der Waals surface area contributed by atoms with Crippen LogP contribution in [0.5, 0.6) is 0 Å². The second kappa shape index (κ2) is 11.7. The first-order valence-corrected chi connectivity index (χ1v) is 13.8. The van der Waals surface area contributed by atoms with E-state index in [1.807, 2.05) is 87.8 Å². The van der Waals surface area contributed by atoms with Gasteiger partial charge in [-0.25, -0.2) is 4.98 Å². The van der Waals surface area contributed by atoms with Gasteiger partial charge in [-0.15, -0.1) is 21.5 Å². The standard InChI is InChI=1S/C27H30N6O2S2/c1-16(2)22(29-25(35)20-13-9-10-17(3)14-20)24-31-32-27(33(24)5)36-15-21(34)28-26-30-23(18(4)37-26)19-11-7-6-8-12-19/h6-14,16,22H,15H2,1-5H3,(H,29,35)(H,28,30,34)/t22-/m1/s1. The minimum Gasteiger partial charge on any atom is -0.342 e. The van der Waals surface area contributed by atoms with Crippen molar-refractivity contribution in [1.82, 2.24) is 25.1 Å². The lowest BCUT2D eigenvalue weighted by atomic mass is 10.0. The van der Waals surface area contributed by atoms with E-state index >= 15 is 0 Å². The Morgan fingerprint density at radius 3 is 2.51 bits per heavy atom. The number of carbonyl (C=O) groups is 2. The molecule has 0 spiro atoms. The number of aryl methyl sites for hydroxylation is 2. The number of hydrogen-bond acceptors (Lipinski definition) is 7. The van der Waals surface area contributed by atoms with Crippen molar-refractivity contribution in [2.24, 2.45) is 13.0 Å². The van der Waals surface area contributed by atoms with Crippen molar-refractivity contribution in [2.45, 2.75) is 38.9 Å². The second-order valence-corrected chi connectivity index (χ2v) is 11.2. The van der Waals surface area contributed by atoms with Crippen molar-refractivity contribution in [3.05, 3.63) is 76.4 Å². The smallest absolute Gasteiger partial charge is 0.251 e. The van der Waals surface area contributed by atoms with Gasteiger partial charge in [0.25, 0.3) is 5.91 Å². The summed E-state index contributed by atoms with van der Waals surface area (Å²) in [5, 5.41) is 15.8. The van der Waals surface area contributed by atoms with Gasteiger partial charge in [-0.3, -0.25) is 9.59 Å². The van der Waals surface area contributed by atoms with Crippen molar-refractivity contribution >= 4 is 40.0 Å². The largest absolute Gasteiger partial charge is 0.342 e. The number of thioether (sulfide) groups is 1. The van der Waals surface area contributed by atoms with Crippen molar-refractivity contribution in [1.29, 1.82) is 0 Å². The predicted octanol–water partition coefficient (Wildman–Crippen LogP) is 5.41. The topological polar surface area (TPSA) is 102 Å². The Hall–Kier alpha value is -3.50. The van der Waals surface area contributed by atoms with Crippen LogP contribution in [0.1, 0.15) is 46.5 Å². The summed E-state index contributed by atoms with van der Waals surface area (Å²) in [7, 11) is 1.85. The number of thiazole rings is 1. The molecule has 4 aromatic rings. The summed E-state index contributed by atoms with van der Waals surface area (Å²) in [5.41, 5.74) is 3.52. The van der Waals surface area contributed by atoms with Crippen molar-refractivity contribution in [3.8, 4) is 11.3 Å². The number of amides is 2. The minimum atomic E-state index is -0.330. The zero-order valence-corrected chi connectivity index (χ0v) is 23.1. The van der Waals surface area contributed by atoms with E-state index in [0.717, 1.165) is 21.7 Å². The molecule has 2 N–H and O–H groups in total. The van der Waals surface area contributed by atoms with Gasteiger partial charge in [0.05, 0.1) is 17.5 Å². The van der Waals surface area contributed by atoms with Crippen LogP contribution in [0.15, 0.2) is 59.8 Å². The molecule has 0 bridgehead atoms. The zero-order chi connectivity index (χ0) is 26.5. The van der Waals surface area contributed by atoms with Gasteiger partial charge >= 0.3 is 0 Å². The van der Waals surface area contributed by atoms with E-state index in [-0.39, 0.29) is 29.5 Å². The summed E-state index contributed by atoms with van der Waals surface area (Å²) >= 11 is 2.74. The average molecular weight is 535 g/mol. The van der Waals surface area contributed by atoms with E-state index in [2.05, 4.69) is 25.8 Å². The molecule has 0 aliphatic heterocycles. The Morgan fingerprint density at radius 2 is 1.81 bits per heavy atom. The van der Waals surface area contributed by atoms with Gasteiger partial charge in [-0.2, -0.15) is 0 Å². The minimum absolute atomic E-state index is 0.0877. The number of anilines is 1. The van der Waals surface area contributed by atoms with Gasteiger partial charge in [0.2, 0.25) is 5.91 Å². The van der Waals surface area contributed by atoms with Crippen LogP contribution in [-0.4, -0.2) is 37.3 Å². The van der Waals surface area contributed by atoms with Crippen LogP contribution in [0, 0.1) is 19.8 Å². The number of nitrogens with one attached hydrogen (secondary N) is 2. The molecule has 10 heteroatoms. The Morgan fingerprint density at radius 1 is 1.05 bits per heavy atom. The Balaban J connectivity index is 1.39. The quantitative estimate of drug-likeness (QED) is 0.278. The van der Waals surface area contributed by atoms with Crippen molar-refractivity contribution < 1.29 is 9.59 Å². The van der Waals surface area contributed by atoms with Crippen molar-refractivity contribution in [3.63, 3.8) is 0 Å². The summed E-state index contributed by atoms with van der Waals surface area (Å²) in [4.78, 5) is 31.2. The lowest BCUT2D eigenvalue weighted by Crippen LogP contribution is -2.33. The van der Waals surface area contributed by atoms with E-state index < -0.39 is 0 Å². The molecule has 0 saturated carbocycles. The Kier molecular flexibility index (Phi) is 8.40. The maximum atomic E-state index is 12.9. The first-order valence-electron chi connectivity index (χ1n) is 11.9. The highest BCUT2D eigenvalue weighted by molar-refractivity contribution is 7.99. The number of carbonyl (C=O) groups excluding carboxylic acids is 2. The Labute approximate surface area is 224 Å². The summed E-state index contributed by atoms with van der Waals surface area (Å²) in [5.74, 6) is 0.558. The van der Waals surface area contributed by atoms with Crippen LogP contribution >= 0.6 is 23.1 Å². The number of rotatable bonds is 9. The second-order valence-electron chi connectivity index (χ2n) is 9.09. The summed E-state index contributed by atoms with van der Waals surface area (Å²) in [6, 6.07) is 17.0. The monoisotopic (exact) mass is 534 g/mol. The molecule has 2 aromatic heterocycles. The highest BCUT2D eigenvalue weighted by Crippen LogP contribution is 2.30. The molecule has 0 aliphatic rings. The van der Waals surface area contributed by atoms with Crippen LogP contribution in [0.4, 0.5) is 5.13 Å². The van der Waals surface area contributed by atoms with Crippen LogP contribution in [0.3, 0.4) is 0 Å². The molecule has 2 aromatic carbocycles. The van der Waals surface area contributed by atoms with Gasteiger partial charge in [0.1, 0.15) is 0 Å². The fraction of sp³-hybridized carbons (Fsp3) is 0.296.